The number of hydrogen-bond donors (Lipinski definition) is 1. The third-order valence-electron chi connectivity index (χ3n) is 5.84. The highest BCUT2D eigenvalue weighted by molar-refractivity contribution is 5.65. The quantitative estimate of drug-likeness (QED) is 0.587. The van der Waals surface area contributed by atoms with Gasteiger partial charge in [-0.1, -0.05) is 19.9 Å². The van der Waals surface area contributed by atoms with E-state index in [2.05, 4.69) is 34.0 Å². The fourth-order valence-corrected chi connectivity index (χ4v) is 3.97. The molecule has 1 aliphatic heterocycles. The zero-order valence-electron chi connectivity index (χ0n) is 19.4. The van der Waals surface area contributed by atoms with Crippen LogP contribution in [-0.2, 0) is 24.1 Å². The second-order valence-corrected chi connectivity index (χ2v) is 8.15. The average molecular weight is 429 g/mol. The normalized spacial score (nSPS) is 15.4. The van der Waals surface area contributed by atoms with Crippen LogP contribution in [0.4, 0.5) is 0 Å². The van der Waals surface area contributed by atoms with Crippen LogP contribution < -0.4 is 10.3 Å². The number of hydrogen-bond acceptors (Lipinski definition) is 6. The molecule has 1 aromatic heterocycles. The van der Waals surface area contributed by atoms with Crippen LogP contribution in [0.1, 0.15) is 37.1 Å². The third-order valence-corrected chi connectivity index (χ3v) is 5.84. The molecule has 2 aromatic rings. The number of nitrogens with one attached hydrogen (secondary N) is 1. The van der Waals surface area contributed by atoms with Gasteiger partial charge in [-0.15, -0.1) is 0 Å². The molecule has 3 rings (SSSR count). The van der Waals surface area contributed by atoms with E-state index in [0.29, 0.717) is 25.5 Å². The van der Waals surface area contributed by atoms with E-state index in [-0.39, 0.29) is 5.56 Å². The van der Waals surface area contributed by atoms with Crippen LogP contribution in [0.25, 0.3) is 11.4 Å². The number of nitrogens with zero attached hydrogens (tertiary/aromatic N) is 3. The summed E-state index contributed by atoms with van der Waals surface area (Å²) in [6.45, 7) is 10.4. The number of piperazine rings is 1. The summed E-state index contributed by atoms with van der Waals surface area (Å²) < 4.78 is 11.2. The Bertz CT molecular complexity index is 904. The van der Waals surface area contributed by atoms with E-state index in [4.69, 9.17) is 14.5 Å². The predicted molar refractivity (Wildman–Crippen MR) is 124 cm³/mol. The van der Waals surface area contributed by atoms with E-state index in [1.54, 1.807) is 7.11 Å². The van der Waals surface area contributed by atoms with E-state index in [9.17, 15) is 4.79 Å². The molecule has 0 spiro atoms. The molecule has 1 N–H and O–H groups in total. The molecule has 7 heteroatoms. The van der Waals surface area contributed by atoms with E-state index < -0.39 is 0 Å². The molecular weight excluding hydrogens is 392 g/mol. The molecular formula is C24H36N4O3. The fraction of sp³-hybridized carbons (Fsp3) is 0.583. The number of aryl methyl sites for hydroxylation is 1. The molecule has 1 aromatic carbocycles. The van der Waals surface area contributed by atoms with Crippen molar-refractivity contribution in [3.63, 3.8) is 0 Å². The van der Waals surface area contributed by atoms with Crippen LogP contribution in [0.3, 0.4) is 0 Å². The molecule has 0 aliphatic carbocycles. The SMILES string of the molecule is CCc1nc(-c2cc(CN3CCN(C)CC3)ccc2OCCCOC)[nH]c(=O)c1CC. The lowest BCUT2D eigenvalue weighted by atomic mass is 10.1. The van der Waals surface area contributed by atoms with Gasteiger partial charge in [0.2, 0.25) is 0 Å². The van der Waals surface area contributed by atoms with Gasteiger partial charge in [-0.3, -0.25) is 9.69 Å². The molecule has 0 atom stereocenters. The van der Waals surface area contributed by atoms with Crippen LogP contribution in [-0.4, -0.2) is 73.3 Å². The highest BCUT2D eigenvalue weighted by atomic mass is 16.5. The van der Waals surface area contributed by atoms with Crippen LogP contribution in [0.15, 0.2) is 23.0 Å². The summed E-state index contributed by atoms with van der Waals surface area (Å²) in [5.41, 5.74) is 3.61. The summed E-state index contributed by atoms with van der Waals surface area (Å²) in [5.74, 6) is 1.33. The Morgan fingerprint density at radius 3 is 2.55 bits per heavy atom. The standard InChI is InChI=1S/C24H36N4O3/c1-5-19-21(6-2)25-23(26-24(19)29)20-16-18(17-28-12-10-27(3)11-13-28)8-9-22(20)31-15-7-14-30-4/h8-9,16H,5-7,10-15,17H2,1-4H3,(H,25,26,29). The highest BCUT2D eigenvalue weighted by Crippen LogP contribution is 2.30. The molecule has 31 heavy (non-hydrogen) atoms. The number of aromatic amines is 1. The molecule has 0 amide bonds. The van der Waals surface area contributed by atoms with Gasteiger partial charge in [-0.2, -0.15) is 0 Å². The van der Waals surface area contributed by atoms with Gasteiger partial charge in [0.05, 0.1) is 17.9 Å². The summed E-state index contributed by atoms with van der Waals surface area (Å²) >= 11 is 0. The van der Waals surface area contributed by atoms with Crippen molar-refractivity contribution in [2.24, 2.45) is 0 Å². The lowest BCUT2D eigenvalue weighted by Crippen LogP contribution is -2.43. The maximum Gasteiger partial charge on any atom is 0.254 e. The Kier molecular flexibility index (Phi) is 8.63. The molecule has 1 fully saturated rings. The summed E-state index contributed by atoms with van der Waals surface area (Å²) in [4.78, 5) is 25.3. The summed E-state index contributed by atoms with van der Waals surface area (Å²) in [7, 11) is 3.85. The van der Waals surface area contributed by atoms with Crippen LogP contribution >= 0.6 is 0 Å². The molecule has 0 bridgehead atoms. The number of aromatic nitrogens is 2. The number of likely N-dealkylation sites (N-methyl/N-ethyl adjacent to an activating group) is 1. The maximum absolute atomic E-state index is 12.7. The number of methoxy groups -OCH3 is 1. The highest BCUT2D eigenvalue weighted by Gasteiger charge is 2.17. The van der Waals surface area contributed by atoms with Crippen LogP contribution in [0.2, 0.25) is 0 Å². The first-order valence-corrected chi connectivity index (χ1v) is 11.3. The second-order valence-electron chi connectivity index (χ2n) is 8.15. The minimum atomic E-state index is -0.0563. The van der Waals surface area contributed by atoms with Gasteiger partial charge in [0.25, 0.3) is 5.56 Å². The Balaban J connectivity index is 1.92. The Morgan fingerprint density at radius 2 is 1.87 bits per heavy atom. The van der Waals surface area contributed by atoms with Crippen molar-refractivity contribution in [1.82, 2.24) is 19.8 Å². The summed E-state index contributed by atoms with van der Waals surface area (Å²) in [6, 6.07) is 6.24. The van der Waals surface area contributed by atoms with Crippen molar-refractivity contribution in [1.29, 1.82) is 0 Å². The van der Waals surface area contributed by atoms with Crippen LogP contribution in [0, 0.1) is 0 Å². The van der Waals surface area contributed by atoms with Gasteiger partial charge >= 0.3 is 0 Å². The first-order chi connectivity index (χ1) is 15.0. The average Bonchev–Trinajstić information content (AvgIpc) is 2.78. The zero-order chi connectivity index (χ0) is 22.2. The van der Waals surface area contributed by atoms with Gasteiger partial charge in [0.15, 0.2) is 0 Å². The van der Waals surface area contributed by atoms with Crippen molar-refractivity contribution < 1.29 is 9.47 Å². The Labute approximate surface area is 185 Å². The van der Waals surface area contributed by atoms with Crippen molar-refractivity contribution >= 4 is 0 Å². The summed E-state index contributed by atoms with van der Waals surface area (Å²) in [5, 5.41) is 0. The van der Waals surface area contributed by atoms with Crippen molar-refractivity contribution in [2.45, 2.75) is 39.7 Å². The maximum atomic E-state index is 12.7. The summed E-state index contributed by atoms with van der Waals surface area (Å²) in [6.07, 6.45) is 2.21. The van der Waals surface area contributed by atoms with Gasteiger partial charge in [-0.05, 0) is 37.6 Å². The Hall–Kier alpha value is -2.22. The van der Waals surface area contributed by atoms with Gasteiger partial charge < -0.3 is 19.4 Å². The number of ether oxygens (including phenoxy) is 2. The van der Waals surface area contributed by atoms with Crippen LogP contribution in [0.5, 0.6) is 5.75 Å². The van der Waals surface area contributed by atoms with E-state index in [0.717, 1.165) is 68.1 Å². The molecule has 1 saturated heterocycles. The third kappa shape index (κ3) is 6.15. The van der Waals surface area contributed by atoms with Crippen molar-refractivity contribution in [2.75, 3.05) is 53.6 Å². The molecule has 0 saturated carbocycles. The molecule has 7 nitrogen and oxygen atoms in total. The largest absolute Gasteiger partial charge is 0.493 e. The molecule has 2 heterocycles. The number of rotatable bonds is 10. The van der Waals surface area contributed by atoms with E-state index >= 15 is 0 Å². The first-order valence-electron chi connectivity index (χ1n) is 11.3. The monoisotopic (exact) mass is 428 g/mol. The van der Waals surface area contributed by atoms with Crippen molar-refractivity contribution in [3.05, 3.63) is 45.4 Å². The zero-order valence-corrected chi connectivity index (χ0v) is 19.4. The Morgan fingerprint density at radius 1 is 1.10 bits per heavy atom. The fourth-order valence-electron chi connectivity index (χ4n) is 3.97. The van der Waals surface area contributed by atoms with Gasteiger partial charge in [0.1, 0.15) is 11.6 Å². The van der Waals surface area contributed by atoms with Gasteiger partial charge in [0, 0.05) is 58.4 Å². The second kappa shape index (κ2) is 11.4. The van der Waals surface area contributed by atoms with Gasteiger partial charge in [-0.25, -0.2) is 4.98 Å². The van der Waals surface area contributed by atoms with E-state index in [1.807, 2.05) is 19.9 Å². The molecule has 0 unspecified atom stereocenters. The molecule has 1 aliphatic rings. The van der Waals surface area contributed by atoms with Crippen molar-refractivity contribution in [3.8, 4) is 17.1 Å². The minimum absolute atomic E-state index is 0.0563. The molecule has 0 radical (unpaired) electrons. The topological polar surface area (TPSA) is 70.7 Å². The first kappa shape index (κ1) is 23.4. The number of H-pyrrole nitrogens is 1. The minimum Gasteiger partial charge on any atom is -0.493 e. The van der Waals surface area contributed by atoms with E-state index in [1.165, 1.54) is 5.56 Å². The lowest BCUT2D eigenvalue weighted by Gasteiger charge is -2.32. The molecule has 170 valence electrons. The predicted octanol–water partition coefficient (Wildman–Crippen LogP) is 2.72. The number of benzene rings is 1. The lowest BCUT2D eigenvalue weighted by molar-refractivity contribution is 0.148. The smallest absolute Gasteiger partial charge is 0.254 e.